The topological polar surface area (TPSA) is 53.4 Å². The number of aryl methyl sites for hydroxylation is 1. The van der Waals surface area contributed by atoms with Gasteiger partial charge in [0.05, 0.1) is 5.56 Å². The van der Waals surface area contributed by atoms with Crippen molar-refractivity contribution in [3.63, 3.8) is 0 Å². The predicted molar refractivity (Wildman–Crippen MR) is 75.2 cm³/mol. The summed E-state index contributed by atoms with van der Waals surface area (Å²) < 4.78 is 0. The van der Waals surface area contributed by atoms with Gasteiger partial charge in [0.15, 0.2) is 0 Å². The van der Waals surface area contributed by atoms with E-state index in [-0.39, 0.29) is 0 Å². The van der Waals surface area contributed by atoms with Gasteiger partial charge < -0.3 is 10.0 Å². The number of nitrogens with zero attached hydrogens (tertiary/aromatic N) is 2. The summed E-state index contributed by atoms with van der Waals surface area (Å²) in [6, 6.07) is 9.39. The zero-order valence-corrected chi connectivity index (χ0v) is 11.2. The van der Waals surface area contributed by atoms with Crippen molar-refractivity contribution in [3.8, 4) is 0 Å². The van der Waals surface area contributed by atoms with Gasteiger partial charge in [-0.3, -0.25) is 0 Å². The number of carboxylic acid groups (broad SMARTS) is 1. The molecule has 0 aliphatic heterocycles. The Morgan fingerprint density at radius 3 is 2.53 bits per heavy atom. The van der Waals surface area contributed by atoms with Gasteiger partial charge in [0.2, 0.25) is 0 Å². The molecule has 19 heavy (non-hydrogen) atoms. The SMILES string of the molecule is Cc1ccc(N(C)c2ccccn2)c(C)c1C(=O)O. The van der Waals surface area contributed by atoms with E-state index < -0.39 is 5.97 Å². The van der Waals surface area contributed by atoms with Crippen molar-refractivity contribution in [3.05, 3.63) is 53.2 Å². The highest BCUT2D eigenvalue weighted by Gasteiger charge is 2.16. The van der Waals surface area contributed by atoms with Gasteiger partial charge in [-0.15, -0.1) is 0 Å². The first-order chi connectivity index (χ1) is 9.02. The molecule has 0 saturated carbocycles. The van der Waals surface area contributed by atoms with Crippen LogP contribution in [0.4, 0.5) is 11.5 Å². The van der Waals surface area contributed by atoms with Gasteiger partial charge in [-0.05, 0) is 43.2 Å². The fourth-order valence-corrected chi connectivity index (χ4v) is 2.20. The highest BCUT2D eigenvalue weighted by Crippen LogP contribution is 2.29. The van der Waals surface area contributed by atoms with E-state index >= 15 is 0 Å². The van der Waals surface area contributed by atoms with Crippen molar-refractivity contribution in [1.82, 2.24) is 4.98 Å². The summed E-state index contributed by atoms with van der Waals surface area (Å²) in [7, 11) is 1.88. The van der Waals surface area contributed by atoms with Gasteiger partial charge in [0.1, 0.15) is 5.82 Å². The van der Waals surface area contributed by atoms with Crippen LogP contribution in [0.1, 0.15) is 21.5 Å². The number of anilines is 2. The van der Waals surface area contributed by atoms with Crippen LogP contribution in [0.15, 0.2) is 36.5 Å². The van der Waals surface area contributed by atoms with E-state index in [4.69, 9.17) is 0 Å². The molecule has 0 bridgehead atoms. The Bertz CT molecular complexity index is 609. The van der Waals surface area contributed by atoms with Crippen LogP contribution in [-0.4, -0.2) is 23.1 Å². The molecule has 4 heteroatoms. The Hall–Kier alpha value is -2.36. The summed E-state index contributed by atoms with van der Waals surface area (Å²) in [5.41, 5.74) is 2.73. The molecule has 0 aliphatic carbocycles. The third kappa shape index (κ3) is 2.42. The van der Waals surface area contributed by atoms with Crippen molar-refractivity contribution in [2.45, 2.75) is 13.8 Å². The molecule has 2 rings (SSSR count). The maximum Gasteiger partial charge on any atom is 0.336 e. The second-order valence-corrected chi connectivity index (χ2v) is 4.45. The van der Waals surface area contributed by atoms with E-state index in [1.807, 2.05) is 49.2 Å². The van der Waals surface area contributed by atoms with Crippen molar-refractivity contribution < 1.29 is 9.90 Å². The Labute approximate surface area is 112 Å². The average molecular weight is 256 g/mol. The third-order valence-electron chi connectivity index (χ3n) is 3.21. The van der Waals surface area contributed by atoms with Gasteiger partial charge in [-0.1, -0.05) is 12.1 Å². The Morgan fingerprint density at radius 1 is 1.21 bits per heavy atom. The smallest absolute Gasteiger partial charge is 0.336 e. The molecule has 0 saturated heterocycles. The fraction of sp³-hybridized carbons (Fsp3) is 0.200. The molecule has 0 unspecified atom stereocenters. The summed E-state index contributed by atoms with van der Waals surface area (Å²) in [6.07, 6.45) is 1.72. The lowest BCUT2D eigenvalue weighted by molar-refractivity contribution is 0.0695. The number of hydrogen-bond acceptors (Lipinski definition) is 3. The van der Waals surface area contributed by atoms with Crippen molar-refractivity contribution in [2.75, 3.05) is 11.9 Å². The number of aromatic carboxylic acids is 1. The molecule has 98 valence electrons. The van der Waals surface area contributed by atoms with Crippen LogP contribution in [0.2, 0.25) is 0 Å². The van der Waals surface area contributed by atoms with E-state index in [1.54, 1.807) is 13.1 Å². The number of benzene rings is 1. The van der Waals surface area contributed by atoms with Gasteiger partial charge in [-0.25, -0.2) is 9.78 Å². The molecule has 1 aromatic heterocycles. The largest absolute Gasteiger partial charge is 0.478 e. The summed E-state index contributed by atoms with van der Waals surface area (Å²) >= 11 is 0. The lowest BCUT2D eigenvalue weighted by Gasteiger charge is -2.22. The molecule has 0 radical (unpaired) electrons. The van der Waals surface area contributed by atoms with Crippen LogP contribution < -0.4 is 4.90 Å². The molecule has 1 aromatic carbocycles. The Balaban J connectivity index is 2.52. The van der Waals surface area contributed by atoms with E-state index in [0.717, 1.165) is 22.6 Å². The highest BCUT2D eigenvalue weighted by molar-refractivity contribution is 5.93. The van der Waals surface area contributed by atoms with Gasteiger partial charge in [0.25, 0.3) is 0 Å². The van der Waals surface area contributed by atoms with E-state index in [9.17, 15) is 9.90 Å². The first-order valence-electron chi connectivity index (χ1n) is 6.00. The highest BCUT2D eigenvalue weighted by atomic mass is 16.4. The predicted octanol–water partition coefficient (Wildman–Crippen LogP) is 3.16. The third-order valence-corrected chi connectivity index (χ3v) is 3.21. The minimum absolute atomic E-state index is 0.361. The molecule has 1 N–H and O–H groups in total. The summed E-state index contributed by atoms with van der Waals surface area (Å²) in [6.45, 7) is 3.63. The van der Waals surface area contributed by atoms with Crippen LogP contribution in [0, 0.1) is 13.8 Å². The molecule has 2 aromatic rings. The van der Waals surface area contributed by atoms with Gasteiger partial charge >= 0.3 is 5.97 Å². The number of carboxylic acids is 1. The summed E-state index contributed by atoms with van der Waals surface area (Å²) in [5.74, 6) is -0.114. The maximum atomic E-state index is 11.3. The van der Waals surface area contributed by atoms with E-state index in [2.05, 4.69) is 4.98 Å². The van der Waals surface area contributed by atoms with E-state index in [0.29, 0.717) is 5.56 Å². The fourth-order valence-electron chi connectivity index (χ4n) is 2.20. The minimum Gasteiger partial charge on any atom is -0.478 e. The zero-order chi connectivity index (χ0) is 14.0. The summed E-state index contributed by atoms with van der Waals surface area (Å²) in [4.78, 5) is 17.5. The molecule has 0 atom stereocenters. The number of hydrogen-bond donors (Lipinski definition) is 1. The Morgan fingerprint density at radius 2 is 1.95 bits per heavy atom. The first-order valence-corrected chi connectivity index (χ1v) is 6.00. The molecule has 0 fully saturated rings. The molecule has 0 amide bonds. The molecule has 1 heterocycles. The van der Waals surface area contributed by atoms with Crippen LogP contribution >= 0.6 is 0 Å². The molecule has 0 aliphatic rings. The van der Waals surface area contributed by atoms with Crippen molar-refractivity contribution in [2.24, 2.45) is 0 Å². The van der Waals surface area contributed by atoms with Gasteiger partial charge in [-0.2, -0.15) is 0 Å². The standard InChI is InChI=1S/C15H16N2O2/c1-10-7-8-12(11(2)14(10)15(18)19)17(3)13-6-4-5-9-16-13/h4-9H,1-3H3,(H,18,19). The quantitative estimate of drug-likeness (QED) is 0.916. The minimum atomic E-state index is -0.897. The van der Waals surface area contributed by atoms with Crippen LogP contribution in [-0.2, 0) is 0 Å². The molecular weight excluding hydrogens is 240 g/mol. The van der Waals surface area contributed by atoms with Crippen molar-refractivity contribution >= 4 is 17.5 Å². The monoisotopic (exact) mass is 256 g/mol. The lowest BCUT2D eigenvalue weighted by atomic mass is 10.0. The summed E-state index contributed by atoms with van der Waals surface area (Å²) in [5, 5.41) is 9.29. The average Bonchev–Trinajstić information content (AvgIpc) is 2.39. The Kier molecular flexibility index (Phi) is 3.51. The van der Waals surface area contributed by atoms with Crippen LogP contribution in [0.25, 0.3) is 0 Å². The zero-order valence-electron chi connectivity index (χ0n) is 11.2. The first kappa shape index (κ1) is 13.1. The number of carbonyl (C=O) groups is 1. The molecular formula is C15H16N2O2. The number of rotatable bonds is 3. The number of aromatic nitrogens is 1. The number of pyridine rings is 1. The van der Waals surface area contributed by atoms with E-state index in [1.165, 1.54) is 0 Å². The molecule has 4 nitrogen and oxygen atoms in total. The second-order valence-electron chi connectivity index (χ2n) is 4.45. The van der Waals surface area contributed by atoms with Crippen molar-refractivity contribution in [1.29, 1.82) is 0 Å². The maximum absolute atomic E-state index is 11.3. The second kappa shape index (κ2) is 5.10. The van der Waals surface area contributed by atoms with Crippen LogP contribution in [0.3, 0.4) is 0 Å². The van der Waals surface area contributed by atoms with Crippen LogP contribution in [0.5, 0.6) is 0 Å². The van der Waals surface area contributed by atoms with Gasteiger partial charge in [0, 0.05) is 18.9 Å². The normalized spacial score (nSPS) is 10.3. The lowest BCUT2D eigenvalue weighted by Crippen LogP contribution is -2.15. The molecule has 0 spiro atoms.